The summed E-state index contributed by atoms with van der Waals surface area (Å²) in [6.45, 7) is 0.121. The normalized spacial score (nSPS) is 15.9. The fourth-order valence-corrected chi connectivity index (χ4v) is 4.42. The molecule has 4 aromatic rings. The predicted octanol–water partition coefficient (Wildman–Crippen LogP) is 4.46. The molecule has 0 saturated carbocycles. The van der Waals surface area contributed by atoms with Crippen LogP contribution in [-0.4, -0.2) is 39.2 Å². The van der Waals surface area contributed by atoms with Crippen molar-refractivity contribution in [1.82, 2.24) is 19.7 Å². The number of benzene rings is 2. The Morgan fingerprint density at radius 1 is 1.24 bits per heavy atom. The first-order valence-electron chi connectivity index (χ1n) is 10.4. The van der Waals surface area contributed by atoms with Crippen LogP contribution in [-0.2, 0) is 13.2 Å². The number of aryl methyl sites for hydroxylation is 1. The molecule has 7 nitrogen and oxygen atoms in total. The Kier molecular flexibility index (Phi) is 4.88. The molecule has 0 bridgehead atoms. The molecule has 176 valence electrons. The number of halogens is 4. The fourth-order valence-electron chi connectivity index (χ4n) is 4.42. The van der Waals surface area contributed by atoms with Gasteiger partial charge in [-0.05, 0) is 18.2 Å². The van der Waals surface area contributed by atoms with Gasteiger partial charge in [0, 0.05) is 37.5 Å². The Bertz CT molecular complexity index is 1460. The molecule has 2 aromatic heterocycles. The minimum absolute atomic E-state index is 0.0565. The van der Waals surface area contributed by atoms with Crippen LogP contribution in [0.15, 0.2) is 36.5 Å². The number of rotatable bonds is 2. The molecule has 5 rings (SSSR count). The molecule has 11 heteroatoms. The molecule has 1 aliphatic rings. The molecular weight excluding hydrogens is 454 g/mol. The zero-order valence-electron chi connectivity index (χ0n) is 18.2. The summed E-state index contributed by atoms with van der Waals surface area (Å²) < 4.78 is 61.3. The number of amides is 1. The zero-order valence-corrected chi connectivity index (χ0v) is 18.2. The van der Waals surface area contributed by atoms with E-state index < -0.39 is 29.5 Å². The second kappa shape index (κ2) is 7.57. The Morgan fingerprint density at radius 3 is 2.74 bits per heavy atom. The highest BCUT2D eigenvalue weighted by atomic mass is 19.4. The van der Waals surface area contributed by atoms with Gasteiger partial charge in [0.25, 0.3) is 5.91 Å². The number of carbonyl (C=O) groups excluding carboxylic acids is 1. The SMILES string of the molecule is CN(C(=O)c1cc2c(cc1F)nc(N)c1cnn(C)c12)[C@@H]1CCOc2cc(C(F)(F)F)ccc21. The third-order valence-corrected chi connectivity index (χ3v) is 6.16. The van der Waals surface area contributed by atoms with Gasteiger partial charge in [-0.2, -0.15) is 18.3 Å². The summed E-state index contributed by atoms with van der Waals surface area (Å²) >= 11 is 0. The minimum Gasteiger partial charge on any atom is -0.493 e. The quantitative estimate of drug-likeness (QED) is 0.435. The first-order valence-corrected chi connectivity index (χ1v) is 10.4. The molecule has 3 heterocycles. The molecule has 0 aliphatic carbocycles. The second-order valence-electron chi connectivity index (χ2n) is 8.20. The lowest BCUT2D eigenvalue weighted by atomic mass is 9.96. The lowest BCUT2D eigenvalue weighted by Crippen LogP contribution is -2.35. The average Bonchev–Trinajstić information content (AvgIpc) is 3.19. The molecule has 0 unspecified atom stereocenters. The van der Waals surface area contributed by atoms with Crippen LogP contribution in [0.4, 0.5) is 23.4 Å². The number of nitrogens with zero attached hydrogens (tertiary/aromatic N) is 4. The number of pyridine rings is 1. The van der Waals surface area contributed by atoms with Crippen LogP contribution in [0.3, 0.4) is 0 Å². The van der Waals surface area contributed by atoms with Gasteiger partial charge in [0.15, 0.2) is 0 Å². The molecule has 2 N–H and O–H groups in total. The Morgan fingerprint density at radius 2 is 2.00 bits per heavy atom. The van der Waals surface area contributed by atoms with Crippen molar-refractivity contribution in [2.45, 2.75) is 18.6 Å². The van der Waals surface area contributed by atoms with E-state index in [1.165, 1.54) is 24.1 Å². The molecule has 1 amide bonds. The number of nitrogen functional groups attached to an aromatic ring is 1. The van der Waals surface area contributed by atoms with E-state index in [1.54, 1.807) is 17.9 Å². The van der Waals surface area contributed by atoms with Crippen LogP contribution in [0.2, 0.25) is 0 Å². The van der Waals surface area contributed by atoms with Gasteiger partial charge in [-0.1, -0.05) is 6.07 Å². The lowest BCUT2D eigenvalue weighted by molar-refractivity contribution is -0.137. The van der Waals surface area contributed by atoms with E-state index in [9.17, 15) is 18.0 Å². The zero-order chi connectivity index (χ0) is 24.4. The number of carbonyl (C=O) groups is 1. The maximum atomic E-state index is 15.0. The summed E-state index contributed by atoms with van der Waals surface area (Å²) in [5.41, 5.74) is 6.25. The van der Waals surface area contributed by atoms with Gasteiger partial charge in [-0.3, -0.25) is 9.48 Å². The lowest BCUT2D eigenvalue weighted by Gasteiger charge is -2.33. The van der Waals surface area contributed by atoms with Gasteiger partial charge in [0.2, 0.25) is 0 Å². The Balaban J connectivity index is 1.56. The van der Waals surface area contributed by atoms with E-state index in [0.717, 1.165) is 18.2 Å². The number of fused-ring (bicyclic) bond motifs is 4. The molecule has 0 spiro atoms. The molecule has 0 fully saturated rings. The van der Waals surface area contributed by atoms with Gasteiger partial charge in [-0.15, -0.1) is 0 Å². The Labute approximate surface area is 190 Å². The topological polar surface area (TPSA) is 86.3 Å². The molecule has 1 aliphatic heterocycles. The molecule has 1 atom stereocenters. The number of anilines is 1. The maximum Gasteiger partial charge on any atom is 0.416 e. The van der Waals surface area contributed by atoms with E-state index in [1.807, 2.05) is 0 Å². The van der Waals surface area contributed by atoms with Gasteiger partial charge >= 0.3 is 6.18 Å². The summed E-state index contributed by atoms with van der Waals surface area (Å²) in [6.07, 6.45) is -2.63. The predicted molar refractivity (Wildman–Crippen MR) is 117 cm³/mol. The third-order valence-electron chi connectivity index (χ3n) is 6.16. The highest BCUT2D eigenvalue weighted by molar-refractivity contribution is 6.10. The summed E-state index contributed by atoms with van der Waals surface area (Å²) in [6, 6.07) is 5.14. The van der Waals surface area contributed by atoms with Crippen LogP contribution in [0, 0.1) is 5.82 Å². The Hall–Kier alpha value is -3.89. The van der Waals surface area contributed by atoms with E-state index in [-0.39, 0.29) is 29.3 Å². The van der Waals surface area contributed by atoms with Crippen molar-refractivity contribution in [2.75, 3.05) is 19.4 Å². The van der Waals surface area contributed by atoms with Crippen molar-refractivity contribution in [3.63, 3.8) is 0 Å². The minimum atomic E-state index is -4.52. The number of hydrogen-bond donors (Lipinski definition) is 1. The molecule has 0 saturated heterocycles. The molecule has 34 heavy (non-hydrogen) atoms. The van der Waals surface area contributed by atoms with Crippen molar-refractivity contribution >= 4 is 33.5 Å². The fraction of sp³-hybridized carbons (Fsp3) is 0.261. The standard InChI is InChI=1S/C23H19F4N5O2/c1-31(18-5-6-34-19-7-11(23(25,26)27)3-4-12(18)19)22(33)13-8-14-17(9-16(13)24)30-21(28)15-10-29-32(2)20(14)15/h3-4,7-10,18H,5-6H2,1-2H3,(H2,28,30)/t18-/m1/s1. The van der Waals surface area contributed by atoms with Crippen LogP contribution < -0.4 is 10.5 Å². The van der Waals surface area contributed by atoms with E-state index in [2.05, 4.69) is 10.1 Å². The van der Waals surface area contributed by atoms with Crippen LogP contribution in [0.5, 0.6) is 5.75 Å². The number of ether oxygens (including phenoxy) is 1. The maximum absolute atomic E-state index is 15.0. The summed E-state index contributed by atoms with van der Waals surface area (Å²) in [5.74, 6) is -1.15. The van der Waals surface area contributed by atoms with E-state index in [0.29, 0.717) is 28.3 Å². The number of alkyl halides is 3. The van der Waals surface area contributed by atoms with Gasteiger partial charge < -0.3 is 15.4 Å². The summed E-state index contributed by atoms with van der Waals surface area (Å²) in [5, 5.41) is 5.26. The number of nitrogens with two attached hydrogens (primary N) is 1. The smallest absolute Gasteiger partial charge is 0.416 e. The van der Waals surface area contributed by atoms with Crippen molar-refractivity contribution < 1.29 is 27.1 Å². The van der Waals surface area contributed by atoms with Crippen molar-refractivity contribution in [3.05, 3.63) is 59.0 Å². The largest absolute Gasteiger partial charge is 0.493 e. The number of hydrogen-bond acceptors (Lipinski definition) is 5. The van der Waals surface area contributed by atoms with Crippen molar-refractivity contribution in [1.29, 1.82) is 0 Å². The van der Waals surface area contributed by atoms with Crippen molar-refractivity contribution in [3.8, 4) is 5.75 Å². The van der Waals surface area contributed by atoms with Crippen LogP contribution >= 0.6 is 0 Å². The highest BCUT2D eigenvalue weighted by Crippen LogP contribution is 2.40. The van der Waals surface area contributed by atoms with Crippen LogP contribution in [0.1, 0.15) is 33.9 Å². The monoisotopic (exact) mass is 473 g/mol. The number of aromatic nitrogens is 3. The average molecular weight is 473 g/mol. The highest BCUT2D eigenvalue weighted by Gasteiger charge is 2.35. The summed E-state index contributed by atoms with van der Waals surface area (Å²) in [4.78, 5) is 18.9. The summed E-state index contributed by atoms with van der Waals surface area (Å²) in [7, 11) is 3.19. The van der Waals surface area contributed by atoms with Gasteiger partial charge in [0.1, 0.15) is 17.4 Å². The molecular formula is C23H19F4N5O2. The van der Waals surface area contributed by atoms with Crippen molar-refractivity contribution in [2.24, 2.45) is 7.05 Å². The molecule has 2 aromatic carbocycles. The van der Waals surface area contributed by atoms with Crippen LogP contribution in [0.25, 0.3) is 21.8 Å². The first kappa shape index (κ1) is 21.9. The molecule has 0 radical (unpaired) electrons. The second-order valence-corrected chi connectivity index (χ2v) is 8.20. The van der Waals surface area contributed by atoms with E-state index >= 15 is 4.39 Å². The van der Waals surface area contributed by atoms with E-state index in [4.69, 9.17) is 10.5 Å². The first-order chi connectivity index (χ1) is 16.1. The van der Waals surface area contributed by atoms with Gasteiger partial charge in [0.05, 0.1) is 46.4 Å². The van der Waals surface area contributed by atoms with Gasteiger partial charge in [-0.25, -0.2) is 9.37 Å². The third kappa shape index (κ3) is 3.39.